The van der Waals surface area contributed by atoms with Gasteiger partial charge in [0.05, 0.1) is 6.61 Å². The highest BCUT2D eigenvalue weighted by Crippen LogP contribution is 2.26. The van der Waals surface area contributed by atoms with Crippen molar-refractivity contribution in [2.75, 3.05) is 11.9 Å². The van der Waals surface area contributed by atoms with Crippen molar-refractivity contribution in [1.82, 2.24) is 0 Å². The molecule has 18 heavy (non-hydrogen) atoms. The second-order valence-corrected chi connectivity index (χ2v) is 4.37. The lowest BCUT2D eigenvalue weighted by Gasteiger charge is -2.20. The number of hydrogen-bond donors (Lipinski definition) is 1. The van der Waals surface area contributed by atoms with Gasteiger partial charge in [-0.1, -0.05) is 12.1 Å². The van der Waals surface area contributed by atoms with Gasteiger partial charge in [-0.15, -0.1) is 0 Å². The van der Waals surface area contributed by atoms with Crippen molar-refractivity contribution in [1.29, 1.82) is 0 Å². The maximum atomic E-state index is 13.4. The normalized spacial score (nSPS) is 10.4. The third-order valence-electron chi connectivity index (χ3n) is 2.90. The summed E-state index contributed by atoms with van der Waals surface area (Å²) in [5.74, 6) is -0.337. The molecule has 2 nitrogen and oxygen atoms in total. The summed E-state index contributed by atoms with van der Waals surface area (Å²) in [6.45, 7) is 1.86. The van der Waals surface area contributed by atoms with E-state index >= 15 is 0 Å². The van der Waals surface area contributed by atoms with Crippen molar-refractivity contribution in [3.05, 3.63) is 59.4 Å². The van der Waals surface area contributed by atoms with Crippen LogP contribution in [0, 0.1) is 12.7 Å². The third kappa shape index (κ3) is 2.68. The lowest BCUT2D eigenvalue weighted by molar-refractivity contribution is 0.281. The van der Waals surface area contributed by atoms with Crippen LogP contribution in [0.1, 0.15) is 11.1 Å². The standard InChI is InChI=1S/C15H16FNO/c1-11-4-3-5-14(6-11)17(2)15-8-12(10-18)7-13(16)9-15/h3-9,18H,10H2,1-2H3. The van der Waals surface area contributed by atoms with Gasteiger partial charge in [-0.05, 0) is 48.4 Å². The minimum absolute atomic E-state index is 0.160. The Labute approximate surface area is 106 Å². The zero-order valence-electron chi connectivity index (χ0n) is 10.5. The molecule has 0 amide bonds. The Morgan fingerprint density at radius 3 is 2.56 bits per heavy atom. The van der Waals surface area contributed by atoms with Crippen LogP contribution < -0.4 is 4.90 Å². The molecule has 0 saturated carbocycles. The van der Waals surface area contributed by atoms with Gasteiger partial charge in [0.1, 0.15) is 5.82 Å². The number of anilines is 2. The first-order valence-corrected chi connectivity index (χ1v) is 5.81. The predicted molar refractivity (Wildman–Crippen MR) is 71.6 cm³/mol. The summed E-state index contributed by atoms with van der Waals surface area (Å²) in [5.41, 5.74) is 3.44. The van der Waals surface area contributed by atoms with Crippen LogP contribution in [-0.4, -0.2) is 12.2 Å². The Morgan fingerprint density at radius 1 is 1.11 bits per heavy atom. The molecule has 0 bridgehead atoms. The number of nitrogens with zero attached hydrogens (tertiary/aromatic N) is 1. The molecule has 0 radical (unpaired) electrons. The Bertz CT molecular complexity index is 554. The van der Waals surface area contributed by atoms with E-state index in [1.165, 1.54) is 12.1 Å². The number of aliphatic hydroxyl groups excluding tert-OH is 1. The fourth-order valence-corrected chi connectivity index (χ4v) is 1.90. The third-order valence-corrected chi connectivity index (χ3v) is 2.90. The van der Waals surface area contributed by atoms with E-state index < -0.39 is 0 Å². The van der Waals surface area contributed by atoms with Gasteiger partial charge in [0.25, 0.3) is 0 Å². The number of halogens is 1. The van der Waals surface area contributed by atoms with E-state index in [0.717, 1.165) is 16.9 Å². The highest BCUT2D eigenvalue weighted by Gasteiger charge is 2.07. The zero-order chi connectivity index (χ0) is 13.1. The minimum atomic E-state index is -0.337. The summed E-state index contributed by atoms with van der Waals surface area (Å²) in [6.07, 6.45) is 0. The molecule has 94 valence electrons. The lowest BCUT2D eigenvalue weighted by Crippen LogP contribution is -2.10. The molecule has 0 aliphatic heterocycles. The summed E-state index contributed by atoms with van der Waals surface area (Å²) < 4.78 is 13.4. The fraction of sp³-hybridized carbons (Fsp3) is 0.200. The molecule has 1 N–H and O–H groups in total. The van der Waals surface area contributed by atoms with Gasteiger partial charge in [0.15, 0.2) is 0 Å². The molecule has 2 rings (SSSR count). The number of hydrogen-bond acceptors (Lipinski definition) is 2. The summed E-state index contributed by atoms with van der Waals surface area (Å²) in [4.78, 5) is 1.90. The predicted octanol–water partition coefficient (Wildman–Crippen LogP) is 3.39. The van der Waals surface area contributed by atoms with Crippen LogP contribution in [-0.2, 0) is 6.61 Å². The van der Waals surface area contributed by atoms with E-state index in [0.29, 0.717) is 5.56 Å². The van der Waals surface area contributed by atoms with Crippen LogP contribution in [0.3, 0.4) is 0 Å². The molecule has 0 spiro atoms. The van der Waals surface area contributed by atoms with Crippen molar-refractivity contribution in [2.24, 2.45) is 0 Å². The van der Waals surface area contributed by atoms with Crippen molar-refractivity contribution < 1.29 is 9.50 Å². The first-order valence-electron chi connectivity index (χ1n) is 5.81. The maximum Gasteiger partial charge on any atom is 0.125 e. The van der Waals surface area contributed by atoms with Crippen molar-refractivity contribution in [2.45, 2.75) is 13.5 Å². The van der Waals surface area contributed by atoms with Crippen LogP contribution in [0.4, 0.5) is 15.8 Å². The average Bonchev–Trinajstić information content (AvgIpc) is 2.37. The molecular formula is C15H16FNO. The summed E-state index contributed by atoms with van der Waals surface area (Å²) in [6, 6.07) is 12.6. The van der Waals surface area contributed by atoms with Crippen molar-refractivity contribution in [3.8, 4) is 0 Å². The Hall–Kier alpha value is -1.87. The smallest absolute Gasteiger partial charge is 0.125 e. The van der Waals surface area contributed by atoms with E-state index in [4.69, 9.17) is 5.11 Å². The van der Waals surface area contributed by atoms with E-state index in [-0.39, 0.29) is 12.4 Å². The topological polar surface area (TPSA) is 23.5 Å². The highest BCUT2D eigenvalue weighted by molar-refractivity contribution is 5.63. The number of aliphatic hydroxyl groups is 1. The second-order valence-electron chi connectivity index (χ2n) is 4.37. The summed E-state index contributed by atoms with van der Waals surface area (Å²) in [7, 11) is 1.88. The zero-order valence-corrected chi connectivity index (χ0v) is 10.5. The van der Waals surface area contributed by atoms with E-state index in [1.807, 2.05) is 43.1 Å². The number of benzene rings is 2. The van der Waals surface area contributed by atoms with Gasteiger partial charge < -0.3 is 10.0 Å². The monoisotopic (exact) mass is 245 g/mol. The van der Waals surface area contributed by atoms with Gasteiger partial charge in [-0.25, -0.2) is 4.39 Å². The fourth-order valence-electron chi connectivity index (χ4n) is 1.90. The van der Waals surface area contributed by atoms with Crippen LogP contribution in [0.25, 0.3) is 0 Å². The molecule has 0 saturated heterocycles. The van der Waals surface area contributed by atoms with Crippen LogP contribution in [0.2, 0.25) is 0 Å². The van der Waals surface area contributed by atoms with E-state index in [9.17, 15) is 4.39 Å². The van der Waals surface area contributed by atoms with E-state index in [1.54, 1.807) is 6.07 Å². The summed E-state index contributed by atoms with van der Waals surface area (Å²) in [5, 5.41) is 9.10. The quantitative estimate of drug-likeness (QED) is 0.896. The van der Waals surface area contributed by atoms with Crippen molar-refractivity contribution >= 4 is 11.4 Å². The molecule has 0 unspecified atom stereocenters. The average molecular weight is 245 g/mol. The first kappa shape index (κ1) is 12.6. The Kier molecular flexibility index (Phi) is 3.63. The molecule has 0 aliphatic rings. The number of rotatable bonds is 3. The van der Waals surface area contributed by atoms with Gasteiger partial charge in [0, 0.05) is 18.4 Å². The maximum absolute atomic E-state index is 13.4. The van der Waals surface area contributed by atoms with Crippen LogP contribution in [0.5, 0.6) is 0 Å². The van der Waals surface area contributed by atoms with Crippen LogP contribution in [0.15, 0.2) is 42.5 Å². The second kappa shape index (κ2) is 5.19. The van der Waals surface area contributed by atoms with Crippen LogP contribution >= 0.6 is 0 Å². The molecule has 0 aromatic heterocycles. The van der Waals surface area contributed by atoms with Gasteiger partial charge in [0.2, 0.25) is 0 Å². The Morgan fingerprint density at radius 2 is 1.89 bits per heavy atom. The molecular weight excluding hydrogens is 229 g/mol. The molecule has 0 atom stereocenters. The van der Waals surface area contributed by atoms with Crippen molar-refractivity contribution in [3.63, 3.8) is 0 Å². The molecule has 2 aromatic carbocycles. The van der Waals surface area contributed by atoms with Gasteiger partial charge >= 0.3 is 0 Å². The highest BCUT2D eigenvalue weighted by atomic mass is 19.1. The van der Waals surface area contributed by atoms with E-state index in [2.05, 4.69) is 0 Å². The Balaban J connectivity index is 2.39. The molecule has 0 fully saturated rings. The first-order chi connectivity index (χ1) is 8.60. The number of aryl methyl sites for hydroxylation is 1. The van der Waals surface area contributed by atoms with Gasteiger partial charge in [-0.2, -0.15) is 0 Å². The SMILES string of the molecule is Cc1cccc(N(C)c2cc(F)cc(CO)c2)c1. The minimum Gasteiger partial charge on any atom is -0.392 e. The molecule has 0 heterocycles. The summed E-state index contributed by atoms with van der Waals surface area (Å²) >= 11 is 0. The molecule has 0 aliphatic carbocycles. The molecule has 2 aromatic rings. The molecule has 3 heteroatoms. The largest absolute Gasteiger partial charge is 0.392 e. The lowest BCUT2D eigenvalue weighted by atomic mass is 10.1. The van der Waals surface area contributed by atoms with Gasteiger partial charge in [-0.3, -0.25) is 0 Å².